The summed E-state index contributed by atoms with van der Waals surface area (Å²) in [6.45, 7) is 4.23. The average molecular weight is 291 g/mol. The molecule has 0 aliphatic heterocycles. The fraction of sp³-hybridized carbons (Fsp3) is 0.467. The first-order chi connectivity index (χ1) is 9.61. The molecule has 2 aromatic heterocycles. The number of esters is 1. The molecule has 0 fully saturated rings. The van der Waals surface area contributed by atoms with Gasteiger partial charge in [0.25, 0.3) is 0 Å². The minimum absolute atomic E-state index is 0.162. The molecule has 3 rings (SSSR count). The van der Waals surface area contributed by atoms with Crippen LogP contribution in [0.5, 0.6) is 0 Å². The Bertz CT molecular complexity index is 629. The molecule has 0 N–H and O–H groups in total. The SMILES string of the molecule is Cc1cc(COC(=O)c2cc3c(s2)CC[C@H](C)C3)no1. The van der Waals surface area contributed by atoms with Gasteiger partial charge in [-0.3, -0.25) is 0 Å². The topological polar surface area (TPSA) is 52.3 Å². The molecule has 2 aromatic rings. The monoisotopic (exact) mass is 291 g/mol. The lowest BCUT2D eigenvalue weighted by molar-refractivity contribution is 0.0470. The maximum Gasteiger partial charge on any atom is 0.348 e. The summed E-state index contributed by atoms with van der Waals surface area (Å²) < 4.78 is 10.2. The predicted octanol–water partition coefficient (Wildman–Crippen LogP) is 3.53. The van der Waals surface area contributed by atoms with Crippen LogP contribution in [-0.4, -0.2) is 11.1 Å². The summed E-state index contributed by atoms with van der Waals surface area (Å²) in [7, 11) is 0. The lowest BCUT2D eigenvalue weighted by Crippen LogP contribution is -2.08. The summed E-state index contributed by atoms with van der Waals surface area (Å²) >= 11 is 1.57. The molecule has 20 heavy (non-hydrogen) atoms. The fourth-order valence-electron chi connectivity index (χ4n) is 2.50. The summed E-state index contributed by atoms with van der Waals surface area (Å²) in [4.78, 5) is 14.1. The van der Waals surface area contributed by atoms with Crippen molar-refractivity contribution in [3.63, 3.8) is 0 Å². The van der Waals surface area contributed by atoms with Gasteiger partial charge in [0, 0.05) is 10.9 Å². The van der Waals surface area contributed by atoms with Gasteiger partial charge < -0.3 is 9.26 Å². The Labute approximate surface area is 121 Å². The van der Waals surface area contributed by atoms with Crippen molar-refractivity contribution >= 4 is 17.3 Å². The first-order valence-electron chi connectivity index (χ1n) is 6.82. The lowest BCUT2D eigenvalue weighted by atomic mass is 9.90. The Hall–Kier alpha value is -1.62. The van der Waals surface area contributed by atoms with Crippen LogP contribution in [0, 0.1) is 12.8 Å². The maximum absolute atomic E-state index is 12.1. The van der Waals surface area contributed by atoms with Crippen LogP contribution in [0.1, 0.15) is 44.9 Å². The van der Waals surface area contributed by atoms with E-state index < -0.39 is 0 Å². The summed E-state index contributed by atoms with van der Waals surface area (Å²) in [5.74, 6) is 1.16. The fourth-order valence-corrected chi connectivity index (χ4v) is 3.61. The van der Waals surface area contributed by atoms with Crippen LogP contribution in [0.3, 0.4) is 0 Å². The molecule has 5 heteroatoms. The number of aromatic nitrogens is 1. The number of ether oxygens (including phenoxy) is 1. The molecule has 0 amide bonds. The highest BCUT2D eigenvalue weighted by Crippen LogP contribution is 2.32. The normalized spacial score (nSPS) is 17.8. The van der Waals surface area contributed by atoms with E-state index in [0.29, 0.717) is 16.5 Å². The number of hydrogen-bond donors (Lipinski definition) is 0. The molecule has 2 heterocycles. The average Bonchev–Trinajstić information content (AvgIpc) is 3.01. The van der Waals surface area contributed by atoms with E-state index in [-0.39, 0.29) is 12.6 Å². The van der Waals surface area contributed by atoms with E-state index in [1.165, 1.54) is 16.9 Å². The molecule has 1 aliphatic carbocycles. The van der Waals surface area contributed by atoms with Gasteiger partial charge in [-0.05, 0) is 43.7 Å². The number of carbonyl (C=O) groups excluding carboxylic acids is 1. The smallest absolute Gasteiger partial charge is 0.348 e. The van der Waals surface area contributed by atoms with Crippen LogP contribution < -0.4 is 0 Å². The van der Waals surface area contributed by atoms with E-state index in [1.807, 2.05) is 13.0 Å². The minimum atomic E-state index is -0.266. The molecule has 1 aliphatic rings. The van der Waals surface area contributed by atoms with Crippen molar-refractivity contribution in [1.29, 1.82) is 0 Å². The third kappa shape index (κ3) is 2.77. The Morgan fingerprint density at radius 1 is 1.55 bits per heavy atom. The van der Waals surface area contributed by atoms with Crippen molar-refractivity contribution in [2.24, 2.45) is 5.92 Å². The van der Waals surface area contributed by atoms with Crippen LogP contribution in [0.4, 0.5) is 0 Å². The van der Waals surface area contributed by atoms with Gasteiger partial charge in [0.15, 0.2) is 0 Å². The zero-order chi connectivity index (χ0) is 14.1. The van der Waals surface area contributed by atoms with Crippen molar-refractivity contribution in [3.05, 3.63) is 38.9 Å². The molecule has 0 bridgehead atoms. The highest BCUT2D eigenvalue weighted by Gasteiger charge is 2.21. The first kappa shape index (κ1) is 13.4. The number of hydrogen-bond acceptors (Lipinski definition) is 5. The van der Waals surface area contributed by atoms with Gasteiger partial charge >= 0.3 is 5.97 Å². The van der Waals surface area contributed by atoms with Crippen LogP contribution in [0.2, 0.25) is 0 Å². The van der Waals surface area contributed by atoms with E-state index >= 15 is 0 Å². The van der Waals surface area contributed by atoms with Crippen LogP contribution >= 0.6 is 11.3 Å². The Balaban J connectivity index is 1.65. The van der Waals surface area contributed by atoms with Crippen molar-refractivity contribution in [1.82, 2.24) is 5.16 Å². The molecule has 0 radical (unpaired) electrons. The second kappa shape index (κ2) is 5.40. The number of thiophene rings is 1. The number of aryl methyl sites for hydroxylation is 2. The summed E-state index contributed by atoms with van der Waals surface area (Å²) in [5.41, 5.74) is 1.96. The third-order valence-electron chi connectivity index (χ3n) is 3.56. The second-order valence-electron chi connectivity index (χ2n) is 5.41. The van der Waals surface area contributed by atoms with E-state index in [2.05, 4.69) is 12.1 Å². The Morgan fingerprint density at radius 2 is 2.40 bits per heavy atom. The number of rotatable bonds is 3. The van der Waals surface area contributed by atoms with Crippen molar-refractivity contribution in [2.45, 2.75) is 39.7 Å². The van der Waals surface area contributed by atoms with Crippen LogP contribution in [0.25, 0.3) is 0 Å². The number of fused-ring (bicyclic) bond motifs is 1. The molecular formula is C15H17NO3S. The van der Waals surface area contributed by atoms with Gasteiger partial charge in [0.2, 0.25) is 0 Å². The van der Waals surface area contributed by atoms with Crippen LogP contribution in [-0.2, 0) is 24.2 Å². The van der Waals surface area contributed by atoms with Gasteiger partial charge in [-0.15, -0.1) is 11.3 Å². The Morgan fingerprint density at radius 3 is 3.15 bits per heavy atom. The largest absolute Gasteiger partial charge is 0.455 e. The van der Waals surface area contributed by atoms with Gasteiger partial charge in [-0.1, -0.05) is 12.1 Å². The molecule has 0 saturated carbocycles. The standard InChI is InChI=1S/C15H17NO3S/c1-9-3-4-13-11(5-9)7-14(20-13)15(17)18-8-12-6-10(2)19-16-12/h6-7,9H,3-5,8H2,1-2H3/t9-/m0/s1. The van der Waals surface area contributed by atoms with Gasteiger partial charge in [-0.25, -0.2) is 4.79 Å². The highest BCUT2D eigenvalue weighted by molar-refractivity contribution is 7.14. The zero-order valence-electron chi connectivity index (χ0n) is 11.6. The third-order valence-corrected chi connectivity index (χ3v) is 4.78. The summed E-state index contributed by atoms with van der Waals surface area (Å²) in [6, 6.07) is 3.76. The number of carbonyl (C=O) groups is 1. The van der Waals surface area contributed by atoms with Gasteiger partial charge in [-0.2, -0.15) is 0 Å². The van der Waals surface area contributed by atoms with Gasteiger partial charge in [0.05, 0.1) is 0 Å². The van der Waals surface area contributed by atoms with E-state index in [9.17, 15) is 4.79 Å². The predicted molar refractivity (Wildman–Crippen MR) is 75.9 cm³/mol. The van der Waals surface area contributed by atoms with Crippen molar-refractivity contribution in [2.75, 3.05) is 0 Å². The quantitative estimate of drug-likeness (QED) is 0.812. The van der Waals surface area contributed by atoms with Crippen molar-refractivity contribution in [3.8, 4) is 0 Å². The molecular weight excluding hydrogens is 274 g/mol. The summed E-state index contributed by atoms with van der Waals surface area (Å²) in [6.07, 6.45) is 3.36. The Kier molecular flexibility index (Phi) is 3.61. The molecule has 4 nitrogen and oxygen atoms in total. The molecule has 0 unspecified atom stereocenters. The van der Waals surface area contributed by atoms with Gasteiger partial charge in [0.1, 0.15) is 22.9 Å². The first-order valence-corrected chi connectivity index (χ1v) is 7.64. The summed E-state index contributed by atoms with van der Waals surface area (Å²) in [5, 5.41) is 3.81. The van der Waals surface area contributed by atoms with E-state index in [1.54, 1.807) is 17.4 Å². The van der Waals surface area contributed by atoms with E-state index in [4.69, 9.17) is 9.26 Å². The molecule has 1 atom stereocenters. The van der Waals surface area contributed by atoms with Crippen molar-refractivity contribution < 1.29 is 14.1 Å². The molecule has 0 spiro atoms. The molecule has 0 saturated heterocycles. The highest BCUT2D eigenvalue weighted by atomic mass is 32.1. The zero-order valence-corrected chi connectivity index (χ0v) is 12.5. The maximum atomic E-state index is 12.1. The van der Waals surface area contributed by atoms with Crippen LogP contribution in [0.15, 0.2) is 16.7 Å². The van der Waals surface area contributed by atoms with E-state index in [0.717, 1.165) is 18.6 Å². The molecule has 106 valence electrons. The molecule has 0 aromatic carbocycles. The minimum Gasteiger partial charge on any atom is -0.455 e. The second-order valence-corrected chi connectivity index (χ2v) is 6.55. The number of nitrogens with zero attached hydrogens (tertiary/aromatic N) is 1. The lowest BCUT2D eigenvalue weighted by Gasteiger charge is -2.16.